The van der Waals surface area contributed by atoms with E-state index in [9.17, 15) is 9.59 Å². The van der Waals surface area contributed by atoms with Gasteiger partial charge in [-0.25, -0.2) is 0 Å². The molecule has 1 heterocycles. The molecule has 1 aliphatic rings. The van der Waals surface area contributed by atoms with Crippen molar-refractivity contribution in [3.63, 3.8) is 0 Å². The van der Waals surface area contributed by atoms with E-state index in [0.29, 0.717) is 6.54 Å². The van der Waals surface area contributed by atoms with Crippen molar-refractivity contribution < 1.29 is 9.59 Å². The maximum absolute atomic E-state index is 11.8. The average Bonchev–Trinajstić information content (AvgIpc) is 2.40. The number of anilines is 1. The zero-order valence-corrected chi connectivity index (χ0v) is 8.77. The first kappa shape index (κ1) is 10.6. The van der Waals surface area contributed by atoms with Gasteiger partial charge in [-0.15, -0.1) is 0 Å². The highest BCUT2D eigenvalue weighted by Crippen LogP contribution is 2.21. The summed E-state index contributed by atoms with van der Waals surface area (Å²) in [5.74, 6) is -0.645. The van der Waals surface area contributed by atoms with Crippen molar-refractivity contribution in [3.8, 4) is 0 Å². The van der Waals surface area contributed by atoms with Crippen LogP contribution in [0.25, 0.3) is 0 Å². The van der Waals surface area contributed by atoms with Crippen LogP contribution in [0, 0.1) is 0 Å². The van der Waals surface area contributed by atoms with Crippen LogP contribution in [-0.2, 0) is 16.1 Å². The fraction of sp³-hybridized carbons (Fsp3) is 0.273. The van der Waals surface area contributed by atoms with Crippen LogP contribution in [0.15, 0.2) is 24.3 Å². The normalized spacial score (nSPS) is 15.5. The van der Waals surface area contributed by atoms with Gasteiger partial charge in [-0.05, 0) is 11.6 Å². The van der Waals surface area contributed by atoms with Crippen molar-refractivity contribution in [2.24, 2.45) is 5.73 Å². The number of rotatable bonds is 2. The number of carbonyl (C=O) groups is 2. The zero-order valence-electron chi connectivity index (χ0n) is 8.77. The van der Waals surface area contributed by atoms with Gasteiger partial charge in [-0.2, -0.15) is 0 Å². The summed E-state index contributed by atoms with van der Waals surface area (Å²) < 4.78 is 0. The highest BCUT2D eigenvalue weighted by Gasteiger charge is 2.22. The molecule has 0 fully saturated rings. The molecule has 84 valence electrons. The molecule has 0 saturated heterocycles. The largest absolute Gasteiger partial charge is 0.368 e. The molecule has 1 aromatic rings. The summed E-state index contributed by atoms with van der Waals surface area (Å²) in [6.07, 6.45) is 0. The van der Waals surface area contributed by atoms with Gasteiger partial charge in [0.15, 0.2) is 0 Å². The molecule has 0 aromatic heterocycles. The van der Waals surface area contributed by atoms with Gasteiger partial charge in [0.25, 0.3) is 0 Å². The van der Waals surface area contributed by atoms with Gasteiger partial charge in [0.1, 0.15) is 6.54 Å². The van der Waals surface area contributed by atoms with E-state index < -0.39 is 5.91 Å². The Morgan fingerprint density at radius 1 is 1.38 bits per heavy atom. The van der Waals surface area contributed by atoms with Gasteiger partial charge in [0.05, 0.1) is 6.54 Å². The molecular formula is C11H13N3O2. The van der Waals surface area contributed by atoms with Crippen molar-refractivity contribution in [1.29, 1.82) is 0 Å². The van der Waals surface area contributed by atoms with Crippen molar-refractivity contribution in [2.45, 2.75) is 6.54 Å². The molecule has 2 rings (SSSR count). The van der Waals surface area contributed by atoms with Crippen LogP contribution < -0.4 is 16.0 Å². The van der Waals surface area contributed by atoms with Crippen molar-refractivity contribution in [2.75, 3.05) is 18.0 Å². The quantitative estimate of drug-likeness (QED) is 0.711. The highest BCUT2D eigenvalue weighted by molar-refractivity contribution is 6.00. The minimum absolute atomic E-state index is 0.0719. The molecule has 1 aromatic carbocycles. The lowest BCUT2D eigenvalue weighted by atomic mass is 10.1. The topological polar surface area (TPSA) is 75.4 Å². The van der Waals surface area contributed by atoms with Gasteiger partial charge in [0, 0.05) is 12.2 Å². The van der Waals surface area contributed by atoms with Crippen LogP contribution in [-0.4, -0.2) is 24.9 Å². The van der Waals surface area contributed by atoms with Gasteiger partial charge in [-0.1, -0.05) is 18.2 Å². The summed E-state index contributed by atoms with van der Waals surface area (Å²) in [7, 11) is 0. The third kappa shape index (κ3) is 2.04. The number of hydrogen-bond donors (Lipinski definition) is 2. The number of amides is 2. The second-order valence-electron chi connectivity index (χ2n) is 3.68. The van der Waals surface area contributed by atoms with Crippen LogP contribution in [0.4, 0.5) is 5.69 Å². The van der Waals surface area contributed by atoms with E-state index in [1.807, 2.05) is 24.3 Å². The second kappa shape index (κ2) is 4.32. The molecule has 0 radical (unpaired) electrons. The first-order valence-corrected chi connectivity index (χ1v) is 5.06. The number of nitrogens with two attached hydrogens (primary N) is 1. The van der Waals surface area contributed by atoms with E-state index in [-0.39, 0.29) is 19.0 Å². The zero-order chi connectivity index (χ0) is 11.5. The molecule has 3 N–H and O–H groups in total. The molecular weight excluding hydrogens is 206 g/mol. The van der Waals surface area contributed by atoms with Gasteiger partial charge in [-0.3, -0.25) is 9.59 Å². The Morgan fingerprint density at radius 2 is 2.12 bits per heavy atom. The van der Waals surface area contributed by atoms with Gasteiger partial charge >= 0.3 is 0 Å². The van der Waals surface area contributed by atoms with Crippen LogP contribution in [0.1, 0.15) is 5.56 Å². The summed E-state index contributed by atoms with van der Waals surface area (Å²) >= 11 is 0. The number of nitrogens with one attached hydrogen (secondary N) is 1. The molecule has 0 aliphatic carbocycles. The summed E-state index contributed by atoms with van der Waals surface area (Å²) in [6.45, 7) is 0.774. The summed E-state index contributed by atoms with van der Waals surface area (Å²) in [6, 6.07) is 7.49. The second-order valence-corrected chi connectivity index (χ2v) is 3.68. The minimum Gasteiger partial charge on any atom is -0.368 e. The Balaban J connectivity index is 2.39. The Hall–Kier alpha value is -1.88. The van der Waals surface area contributed by atoms with E-state index in [2.05, 4.69) is 5.32 Å². The maximum Gasteiger partial charge on any atom is 0.241 e. The van der Waals surface area contributed by atoms with Crippen molar-refractivity contribution >= 4 is 17.5 Å². The number of fused-ring (bicyclic) bond motifs is 1. The first-order chi connectivity index (χ1) is 7.68. The molecule has 16 heavy (non-hydrogen) atoms. The highest BCUT2D eigenvalue weighted by atomic mass is 16.2. The minimum atomic E-state index is -0.509. The molecule has 0 saturated carbocycles. The van der Waals surface area contributed by atoms with Crippen LogP contribution >= 0.6 is 0 Å². The summed E-state index contributed by atoms with van der Waals surface area (Å²) in [5.41, 5.74) is 6.90. The number of carbonyl (C=O) groups excluding carboxylic acids is 2. The van der Waals surface area contributed by atoms with Crippen LogP contribution in [0.5, 0.6) is 0 Å². The standard InChI is InChI=1S/C11H13N3O2/c12-10(15)7-14-9-4-2-1-3-8(9)5-13-6-11(14)16/h1-4,13H,5-7H2,(H2,12,15). The van der Waals surface area contributed by atoms with E-state index in [1.165, 1.54) is 4.90 Å². The summed E-state index contributed by atoms with van der Waals surface area (Å²) in [5, 5.41) is 3.01. The average molecular weight is 219 g/mol. The molecule has 5 heteroatoms. The Bertz CT molecular complexity index is 431. The number of benzene rings is 1. The lowest BCUT2D eigenvalue weighted by Crippen LogP contribution is -2.41. The fourth-order valence-corrected chi connectivity index (χ4v) is 1.79. The van der Waals surface area contributed by atoms with Crippen molar-refractivity contribution in [1.82, 2.24) is 5.32 Å². The van der Waals surface area contributed by atoms with Crippen LogP contribution in [0.2, 0.25) is 0 Å². The molecule has 0 spiro atoms. The predicted molar refractivity (Wildman–Crippen MR) is 59.7 cm³/mol. The molecule has 0 atom stereocenters. The van der Waals surface area contributed by atoms with E-state index in [4.69, 9.17) is 5.73 Å². The SMILES string of the molecule is NC(=O)CN1C(=O)CNCc2ccccc21. The third-order valence-electron chi connectivity index (χ3n) is 2.49. The fourth-order valence-electron chi connectivity index (χ4n) is 1.79. The molecule has 0 unspecified atom stereocenters. The Kier molecular flexibility index (Phi) is 2.87. The van der Waals surface area contributed by atoms with E-state index in [0.717, 1.165) is 11.3 Å². The first-order valence-electron chi connectivity index (χ1n) is 5.06. The maximum atomic E-state index is 11.8. The van der Waals surface area contributed by atoms with Gasteiger partial charge < -0.3 is 16.0 Å². The molecule has 1 aliphatic heterocycles. The number of primary amides is 1. The summed E-state index contributed by atoms with van der Waals surface area (Å²) in [4.78, 5) is 24.1. The Labute approximate surface area is 93.2 Å². The van der Waals surface area contributed by atoms with E-state index in [1.54, 1.807) is 0 Å². The molecule has 0 bridgehead atoms. The lowest BCUT2D eigenvalue weighted by Gasteiger charge is -2.20. The lowest BCUT2D eigenvalue weighted by molar-refractivity contribution is -0.121. The third-order valence-corrected chi connectivity index (χ3v) is 2.49. The smallest absolute Gasteiger partial charge is 0.241 e. The van der Waals surface area contributed by atoms with Crippen molar-refractivity contribution in [3.05, 3.63) is 29.8 Å². The number of para-hydroxylation sites is 1. The Morgan fingerprint density at radius 3 is 2.88 bits per heavy atom. The molecule has 2 amide bonds. The van der Waals surface area contributed by atoms with Gasteiger partial charge in [0.2, 0.25) is 11.8 Å². The monoisotopic (exact) mass is 219 g/mol. The predicted octanol–water partition coefficient (Wildman–Crippen LogP) is -0.392. The van der Waals surface area contributed by atoms with Crippen LogP contribution in [0.3, 0.4) is 0 Å². The van der Waals surface area contributed by atoms with E-state index >= 15 is 0 Å². The number of nitrogens with zero attached hydrogens (tertiary/aromatic N) is 1. The number of hydrogen-bond acceptors (Lipinski definition) is 3. The molecule has 5 nitrogen and oxygen atoms in total.